The summed E-state index contributed by atoms with van der Waals surface area (Å²) in [6.07, 6.45) is 6.60. The largest absolute Gasteiger partial charge is 0.456 e. The van der Waals surface area contributed by atoms with Crippen molar-refractivity contribution in [1.29, 1.82) is 0 Å². The summed E-state index contributed by atoms with van der Waals surface area (Å²) in [5.41, 5.74) is 17.1. The number of furan rings is 3. The van der Waals surface area contributed by atoms with Crippen LogP contribution < -0.4 is 9.80 Å². The van der Waals surface area contributed by atoms with Crippen molar-refractivity contribution in [1.82, 2.24) is 0 Å². The van der Waals surface area contributed by atoms with Crippen LogP contribution in [0, 0.1) is 19.3 Å². The third kappa shape index (κ3) is 6.88. The zero-order chi connectivity index (χ0) is 48.5. The number of para-hydroxylation sites is 4. The van der Waals surface area contributed by atoms with Crippen molar-refractivity contribution in [2.24, 2.45) is 5.41 Å². The van der Waals surface area contributed by atoms with Gasteiger partial charge in [-0.15, -0.1) is 0 Å². The molecule has 5 heteroatoms. The Kier molecular flexibility index (Phi) is 9.54. The Morgan fingerprint density at radius 2 is 0.887 bits per heavy atom. The fraction of sp³-hybridized carbons (Fsp3) is 0.182. The third-order valence-electron chi connectivity index (χ3n) is 15.3. The highest BCUT2D eigenvalue weighted by molar-refractivity contribution is 6.16. The van der Waals surface area contributed by atoms with Crippen molar-refractivity contribution in [2.45, 2.75) is 73.6 Å². The minimum absolute atomic E-state index is 0.0266. The van der Waals surface area contributed by atoms with Crippen LogP contribution in [-0.4, -0.2) is 0 Å². The van der Waals surface area contributed by atoms with Gasteiger partial charge < -0.3 is 23.1 Å². The first-order chi connectivity index (χ1) is 34.3. The molecule has 12 aromatic rings. The van der Waals surface area contributed by atoms with Crippen molar-refractivity contribution < 1.29 is 13.3 Å². The molecule has 0 atom stereocenters. The molecule has 5 nitrogen and oxygen atoms in total. The van der Waals surface area contributed by atoms with Gasteiger partial charge >= 0.3 is 0 Å². The van der Waals surface area contributed by atoms with Crippen molar-refractivity contribution in [3.8, 4) is 0 Å². The van der Waals surface area contributed by atoms with Gasteiger partial charge in [0.2, 0.25) is 0 Å². The van der Waals surface area contributed by atoms with Gasteiger partial charge in [-0.2, -0.15) is 0 Å². The molecule has 0 saturated heterocycles. The molecule has 0 N–H and O–H groups in total. The van der Waals surface area contributed by atoms with E-state index in [-0.39, 0.29) is 10.8 Å². The number of nitrogens with zero attached hydrogens (tertiary/aromatic N) is 2. The van der Waals surface area contributed by atoms with Crippen LogP contribution in [-0.2, 0) is 5.41 Å². The van der Waals surface area contributed by atoms with Gasteiger partial charge in [-0.1, -0.05) is 138 Å². The number of allylic oxidation sites excluding steroid dienone is 4. The zero-order valence-electron chi connectivity index (χ0n) is 41.7. The number of hydrogen-bond donors (Lipinski definition) is 0. The topological polar surface area (TPSA) is 45.9 Å². The summed E-state index contributed by atoms with van der Waals surface area (Å²) in [5, 5.41) is 11.3. The highest BCUT2D eigenvalue weighted by Crippen LogP contribution is 2.48. The molecule has 0 bridgehead atoms. The van der Waals surface area contributed by atoms with Crippen LogP contribution in [0.4, 0.5) is 28.4 Å². The zero-order valence-corrected chi connectivity index (χ0v) is 41.7. The predicted octanol–water partition coefficient (Wildman–Crippen LogP) is 19.9. The molecule has 0 aliphatic heterocycles. The van der Waals surface area contributed by atoms with Gasteiger partial charge in [0, 0.05) is 55.1 Å². The Balaban J connectivity index is 0.961. The molecule has 9 aromatic carbocycles. The molecule has 0 amide bonds. The summed E-state index contributed by atoms with van der Waals surface area (Å²) < 4.78 is 20.4. The first-order valence-electron chi connectivity index (χ1n) is 25.0. The van der Waals surface area contributed by atoms with Gasteiger partial charge in [-0.25, -0.2) is 0 Å². The van der Waals surface area contributed by atoms with Crippen LogP contribution in [0.15, 0.2) is 194 Å². The molecule has 1 aliphatic rings. The summed E-state index contributed by atoms with van der Waals surface area (Å²) in [7, 11) is 0. The molecule has 71 heavy (non-hydrogen) atoms. The molecule has 3 aromatic heterocycles. The smallest absolute Gasteiger partial charge is 0.159 e. The highest BCUT2D eigenvalue weighted by Gasteiger charge is 2.28. The van der Waals surface area contributed by atoms with Crippen LogP contribution in [0.2, 0.25) is 0 Å². The van der Waals surface area contributed by atoms with Crippen LogP contribution in [0.3, 0.4) is 0 Å². The van der Waals surface area contributed by atoms with E-state index < -0.39 is 0 Å². The highest BCUT2D eigenvalue weighted by atomic mass is 16.3. The molecular weight excluding hydrogens is 869 g/mol. The number of rotatable bonds is 6. The second-order valence-electron chi connectivity index (χ2n) is 21.7. The SMILES string of the molecule is Cc1c(N(C2=CC=C(C(C)(C)C)CC2)c2cccc3c2oc2ccccc23)ccc2cc3c(cc12)oc1cc2c(C)c(N(c4ccc(C(C)(C)C)cc4)c4cccc5c4oc4ccccc45)ccc2cc13. The Hall–Kier alpha value is -8.02. The predicted molar refractivity (Wildman–Crippen MR) is 300 cm³/mol. The van der Waals surface area contributed by atoms with Crippen molar-refractivity contribution in [3.63, 3.8) is 0 Å². The van der Waals surface area contributed by atoms with E-state index in [2.05, 4.69) is 223 Å². The maximum Gasteiger partial charge on any atom is 0.159 e. The maximum atomic E-state index is 6.94. The lowest BCUT2D eigenvalue weighted by Crippen LogP contribution is -2.21. The van der Waals surface area contributed by atoms with Gasteiger partial charge in [0.05, 0.1) is 11.4 Å². The van der Waals surface area contributed by atoms with Crippen molar-refractivity contribution >= 4 is 116 Å². The number of aryl methyl sites for hydroxylation is 2. The van der Waals surface area contributed by atoms with E-state index in [9.17, 15) is 0 Å². The quantitative estimate of drug-likeness (QED) is 0.166. The fourth-order valence-electron chi connectivity index (χ4n) is 11.4. The summed E-state index contributed by atoms with van der Waals surface area (Å²) in [4.78, 5) is 4.81. The van der Waals surface area contributed by atoms with Crippen LogP contribution in [0.25, 0.3) is 87.4 Å². The minimum Gasteiger partial charge on any atom is -0.456 e. The molecule has 1 aliphatic carbocycles. The summed E-state index contributed by atoms with van der Waals surface area (Å²) in [6.45, 7) is 18.2. The molecule has 0 spiro atoms. The average molecular weight is 925 g/mol. The fourth-order valence-corrected chi connectivity index (χ4v) is 11.4. The normalized spacial score (nSPS) is 13.7. The number of anilines is 5. The summed E-state index contributed by atoms with van der Waals surface area (Å²) in [6, 6.07) is 57.0. The maximum absolute atomic E-state index is 6.94. The van der Waals surface area contributed by atoms with E-state index >= 15 is 0 Å². The molecule has 348 valence electrons. The van der Waals surface area contributed by atoms with E-state index in [0.29, 0.717) is 0 Å². The number of fused-ring (bicyclic) bond motifs is 11. The van der Waals surface area contributed by atoms with Gasteiger partial charge in [-0.3, -0.25) is 0 Å². The van der Waals surface area contributed by atoms with E-state index in [0.717, 1.165) is 129 Å². The first-order valence-corrected chi connectivity index (χ1v) is 25.0. The standard InChI is InChI=1S/C66H56N2O3/c1-39-51-37-61-53(35-41(51)23-33-55(39)67(45-29-25-43(26-30-45)65(3,4)5)57-19-13-17-49-47-15-9-11-21-59(47)70-63(49)57)54-36-42-24-34-56(40(2)52(42)38-62(54)69-61)68(46-31-27-44(28-32-46)66(6,7)8)58-20-14-18-50-48-16-10-12-22-60(48)71-64(50)58/h9-27,29-31,33-38H,28,32H2,1-8H3. The number of benzene rings is 9. The van der Waals surface area contributed by atoms with Crippen molar-refractivity contribution in [2.75, 3.05) is 9.80 Å². The molecule has 0 unspecified atom stereocenters. The summed E-state index contributed by atoms with van der Waals surface area (Å²) in [5.74, 6) is 0. The lowest BCUT2D eigenvalue weighted by atomic mass is 9.81. The Bertz CT molecular complexity index is 4220. The second kappa shape index (κ2) is 15.7. The van der Waals surface area contributed by atoms with Crippen LogP contribution in [0.5, 0.6) is 0 Å². The first kappa shape index (κ1) is 43.0. The van der Waals surface area contributed by atoms with E-state index in [4.69, 9.17) is 13.3 Å². The molecule has 0 radical (unpaired) electrons. The Morgan fingerprint density at radius 3 is 1.39 bits per heavy atom. The molecule has 0 fully saturated rings. The van der Waals surface area contributed by atoms with E-state index in [1.54, 1.807) is 0 Å². The molecule has 13 rings (SSSR count). The van der Waals surface area contributed by atoms with Crippen molar-refractivity contribution in [3.05, 3.63) is 198 Å². The average Bonchev–Trinajstić information content (AvgIpc) is 4.06. The Morgan fingerprint density at radius 1 is 0.380 bits per heavy atom. The minimum atomic E-state index is 0.0266. The van der Waals surface area contributed by atoms with E-state index in [1.807, 2.05) is 12.1 Å². The van der Waals surface area contributed by atoms with Crippen LogP contribution >= 0.6 is 0 Å². The lowest BCUT2D eigenvalue weighted by molar-refractivity contribution is 0.479. The molecule has 0 saturated carbocycles. The number of hydrogen-bond acceptors (Lipinski definition) is 5. The molecule has 3 heterocycles. The van der Waals surface area contributed by atoms with Crippen LogP contribution in [0.1, 0.15) is 71.1 Å². The van der Waals surface area contributed by atoms with E-state index in [1.165, 1.54) is 27.8 Å². The molecular formula is C66H56N2O3. The second-order valence-corrected chi connectivity index (χ2v) is 21.7. The summed E-state index contributed by atoms with van der Waals surface area (Å²) >= 11 is 0. The van der Waals surface area contributed by atoms with Gasteiger partial charge in [-0.05, 0) is 155 Å². The Labute approximate surface area is 413 Å². The van der Waals surface area contributed by atoms with Gasteiger partial charge in [0.1, 0.15) is 22.3 Å². The van der Waals surface area contributed by atoms with Gasteiger partial charge in [0.25, 0.3) is 0 Å². The monoisotopic (exact) mass is 924 g/mol. The lowest BCUT2D eigenvalue weighted by Gasteiger charge is -2.33. The third-order valence-corrected chi connectivity index (χ3v) is 15.3. The van der Waals surface area contributed by atoms with Gasteiger partial charge in [0.15, 0.2) is 11.2 Å².